The summed E-state index contributed by atoms with van der Waals surface area (Å²) < 4.78 is 8.99. The van der Waals surface area contributed by atoms with Crippen LogP contribution in [0, 0.1) is 13.8 Å². The van der Waals surface area contributed by atoms with E-state index in [0.29, 0.717) is 0 Å². The molecule has 1 aliphatic rings. The first-order valence-corrected chi connectivity index (χ1v) is 13.5. The normalized spacial score (nSPS) is 18.7. The largest absolute Gasteiger partial charge is 0.461 e. The molecule has 0 fully saturated rings. The Balaban J connectivity index is 1.59. The number of aromatic nitrogens is 1. The van der Waals surface area contributed by atoms with E-state index in [1.165, 1.54) is 44.3 Å². The van der Waals surface area contributed by atoms with Crippen molar-refractivity contribution in [2.75, 3.05) is 0 Å². The summed E-state index contributed by atoms with van der Waals surface area (Å²) in [5, 5.41) is 1.33. The fourth-order valence-corrected chi connectivity index (χ4v) is 6.85. The lowest BCUT2D eigenvalue weighted by molar-refractivity contribution is 0.511. The van der Waals surface area contributed by atoms with E-state index >= 15 is 0 Å². The van der Waals surface area contributed by atoms with Crippen LogP contribution in [0.5, 0.6) is 0 Å². The Labute approximate surface area is 224 Å². The minimum absolute atomic E-state index is 0.149. The second-order valence-electron chi connectivity index (χ2n) is 10.7. The van der Waals surface area contributed by atoms with E-state index in [9.17, 15) is 0 Å². The molecule has 7 rings (SSSR count). The number of furan rings is 1. The van der Waals surface area contributed by atoms with E-state index in [2.05, 4.69) is 141 Å². The van der Waals surface area contributed by atoms with Crippen molar-refractivity contribution >= 4 is 10.9 Å². The zero-order valence-electron chi connectivity index (χ0n) is 22.1. The van der Waals surface area contributed by atoms with Crippen molar-refractivity contribution < 1.29 is 4.42 Å². The molecule has 1 aliphatic carbocycles. The third kappa shape index (κ3) is 3.48. The van der Waals surface area contributed by atoms with Crippen molar-refractivity contribution in [2.45, 2.75) is 31.6 Å². The van der Waals surface area contributed by atoms with Gasteiger partial charge in [-0.15, -0.1) is 0 Å². The second kappa shape index (κ2) is 8.92. The summed E-state index contributed by atoms with van der Waals surface area (Å²) in [4.78, 5) is 0. The topological polar surface area (TPSA) is 18.1 Å². The van der Waals surface area contributed by atoms with E-state index in [1.807, 2.05) is 0 Å². The Hall–Kier alpha value is -4.30. The SMILES string of the molecule is Cc1ccc2c(c1)c([C@H]1c3c(-c4ccccc4)oc(C)c3[C@@H](c3ccccc3)[C@@H]1c1ccccc1)cn2C. The number of nitrogens with zero attached hydrogens (tertiary/aromatic N) is 1. The van der Waals surface area contributed by atoms with Gasteiger partial charge in [0.15, 0.2) is 0 Å². The predicted molar refractivity (Wildman–Crippen MR) is 156 cm³/mol. The summed E-state index contributed by atoms with van der Waals surface area (Å²) in [6.45, 7) is 4.34. The zero-order valence-corrected chi connectivity index (χ0v) is 22.1. The van der Waals surface area contributed by atoms with Gasteiger partial charge in [-0.1, -0.05) is 103 Å². The average Bonchev–Trinajstić information content (AvgIpc) is 3.59. The standard InChI is InChI=1S/C36H31NO/c1-23-19-20-30-28(21-23)29(22-37(30)3)34-33(26-15-9-5-10-16-26)32(25-13-7-4-8-14-25)31-24(2)38-36(35(31)34)27-17-11-6-12-18-27/h4-22,32-34H,1-3H3/t32-,33+,34-/m1/s1. The maximum atomic E-state index is 6.70. The van der Waals surface area contributed by atoms with Gasteiger partial charge in [0.05, 0.1) is 0 Å². The van der Waals surface area contributed by atoms with Gasteiger partial charge in [0.1, 0.15) is 11.5 Å². The van der Waals surface area contributed by atoms with Crippen LogP contribution in [-0.2, 0) is 7.05 Å². The van der Waals surface area contributed by atoms with Crippen LogP contribution in [0.25, 0.3) is 22.2 Å². The summed E-state index contributed by atoms with van der Waals surface area (Å²) in [6, 6.07) is 39.6. The van der Waals surface area contributed by atoms with E-state index < -0.39 is 0 Å². The molecule has 2 nitrogen and oxygen atoms in total. The van der Waals surface area contributed by atoms with Gasteiger partial charge >= 0.3 is 0 Å². The summed E-state index contributed by atoms with van der Waals surface area (Å²) >= 11 is 0. The summed E-state index contributed by atoms with van der Waals surface area (Å²) in [5.74, 6) is 2.61. The molecule has 0 spiro atoms. The Morgan fingerprint density at radius 2 is 1.29 bits per heavy atom. The Bertz CT molecular complexity index is 1740. The highest BCUT2D eigenvalue weighted by Crippen LogP contribution is 2.62. The lowest BCUT2D eigenvalue weighted by Gasteiger charge is -2.28. The Morgan fingerprint density at radius 3 is 1.97 bits per heavy atom. The number of benzene rings is 4. The number of fused-ring (bicyclic) bond motifs is 2. The van der Waals surface area contributed by atoms with Gasteiger partial charge in [-0.25, -0.2) is 0 Å². The van der Waals surface area contributed by atoms with Crippen molar-refractivity contribution in [1.29, 1.82) is 0 Å². The fraction of sp³-hybridized carbons (Fsp3) is 0.167. The van der Waals surface area contributed by atoms with Crippen molar-refractivity contribution in [2.24, 2.45) is 7.05 Å². The van der Waals surface area contributed by atoms with Gasteiger partial charge < -0.3 is 8.98 Å². The van der Waals surface area contributed by atoms with Crippen molar-refractivity contribution in [3.05, 3.63) is 155 Å². The van der Waals surface area contributed by atoms with Gasteiger partial charge in [-0.2, -0.15) is 0 Å². The molecule has 0 amide bonds. The van der Waals surface area contributed by atoms with Crippen molar-refractivity contribution in [3.8, 4) is 11.3 Å². The van der Waals surface area contributed by atoms with E-state index in [1.54, 1.807) is 0 Å². The van der Waals surface area contributed by atoms with Gasteiger partial charge in [0.2, 0.25) is 0 Å². The maximum absolute atomic E-state index is 6.70. The highest BCUT2D eigenvalue weighted by molar-refractivity contribution is 5.87. The van der Waals surface area contributed by atoms with Crippen molar-refractivity contribution in [3.63, 3.8) is 0 Å². The number of aryl methyl sites for hydroxylation is 3. The molecule has 38 heavy (non-hydrogen) atoms. The molecule has 4 aromatic carbocycles. The molecule has 0 radical (unpaired) electrons. The molecule has 0 saturated carbocycles. The van der Waals surface area contributed by atoms with Crippen LogP contribution in [0.4, 0.5) is 0 Å². The van der Waals surface area contributed by atoms with Crippen molar-refractivity contribution in [1.82, 2.24) is 4.57 Å². The average molecular weight is 494 g/mol. The van der Waals surface area contributed by atoms with Crippen LogP contribution < -0.4 is 0 Å². The monoisotopic (exact) mass is 493 g/mol. The summed E-state index contributed by atoms with van der Waals surface area (Å²) in [5.41, 5.74) is 10.4. The highest BCUT2D eigenvalue weighted by atomic mass is 16.3. The molecular formula is C36H31NO. The molecular weight excluding hydrogens is 462 g/mol. The first kappa shape index (κ1) is 22.9. The first-order chi connectivity index (χ1) is 18.6. The molecule has 2 aromatic heterocycles. The Kier molecular flexibility index (Phi) is 5.37. The third-order valence-corrected chi connectivity index (χ3v) is 8.40. The quantitative estimate of drug-likeness (QED) is 0.239. The minimum Gasteiger partial charge on any atom is -0.461 e. The van der Waals surface area contributed by atoms with E-state index in [4.69, 9.17) is 4.42 Å². The van der Waals surface area contributed by atoms with E-state index in [0.717, 1.165) is 17.1 Å². The minimum atomic E-state index is 0.149. The molecule has 0 aliphatic heterocycles. The van der Waals surface area contributed by atoms with Gasteiger partial charge in [0.25, 0.3) is 0 Å². The van der Waals surface area contributed by atoms with Gasteiger partial charge in [0, 0.05) is 58.6 Å². The Morgan fingerprint density at radius 1 is 0.658 bits per heavy atom. The fourth-order valence-electron chi connectivity index (χ4n) is 6.85. The molecule has 0 saturated heterocycles. The van der Waals surface area contributed by atoms with Crippen LogP contribution >= 0.6 is 0 Å². The summed E-state index contributed by atoms with van der Waals surface area (Å²) in [6.07, 6.45) is 2.36. The van der Waals surface area contributed by atoms with Crippen LogP contribution in [0.3, 0.4) is 0 Å². The van der Waals surface area contributed by atoms with Gasteiger partial charge in [-0.05, 0) is 42.7 Å². The third-order valence-electron chi connectivity index (χ3n) is 8.40. The molecule has 6 aromatic rings. The van der Waals surface area contributed by atoms with E-state index in [-0.39, 0.29) is 17.8 Å². The molecule has 2 heteroatoms. The van der Waals surface area contributed by atoms with Crippen LogP contribution in [0.1, 0.15) is 56.9 Å². The predicted octanol–water partition coefficient (Wildman–Crippen LogP) is 9.12. The van der Waals surface area contributed by atoms with Crippen LogP contribution in [0.15, 0.2) is 120 Å². The lowest BCUT2D eigenvalue weighted by Crippen LogP contribution is -2.14. The molecule has 0 unspecified atom stereocenters. The lowest BCUT2D eigenvalue weighted by atomic mass is 9.75. The molecule has 3 atom stereocenters. The second-order valence-corrected chi connectivity index (χ2v) is 10.7. The van der Waals surface area contributed by atoms with Crippen LogP contribution in [-0.4, -0.2) is 4.57 Å². The van der Waals surface area contributed by atoms with Crippen LogP contribution in [0.2, 0.25) is 0 Å². The van der Waals surface area contributed by atoms with Gasteiger partial charge in [-0.3, -0.25) is 0 Å². The highest BCUT2D eigenvalue weighted by Gasteiger charge is 2.48. The molecule has 0 N–H and O–H groups in total. The number of hydrogen-bond donors (Lipinski definition) is 0. The first-order valence-electron chi connectivity index (χ1n) is 13.5. The zero-order chi connectivity index (χ0) is 25.8. The number of hydrogen-bond acceptors (Lipinski definition) is 1. The number of rotatable bonds is 4. The molecule has 186 valence electrons. The summed E-state index contributed by atoms with van der Waals surface area (Å²) in [7, 11) is 2.17. The molecule has 0 bridgehead atoms. The smallest absolute Gasteiger partial charge is 0.138 e. The molecule has 2 heterocycles. The maximum Gasteiger partial charge on any atom is 0.138 e.